The van der Waals surface area contributed by atoms with E-state index in [1.165, 1.54) is 27.7 Å². The Morgan fingerprint density at radius 2 is 2.04 bits per heavy atom. The number of rotatable bonds is 3. The number of hydrogen-bond donors (Lipinski definition) is 3. The second-order valence-corrected chi connectivity index (χ2v) is 7.55. The van der Waals surface area contributed by atoms with Crippen molar-refractivity contribution in [2.75, 3.05) is 12.0 Å². The number of primary amides is 1. The second-order valence-electron chi connectivity index (χ2n) is 5.50. The number of thioether (sulfide) groups is 1. The summed E-state index contributed by atoms with van der Waals surface area (Å²) in [7, 11) is 0. The zero-order valence-corrected chi connectivity index (χ0v) is 15.4. The molecule has 9 heteroatoms. The van der Waals surface area contributed by atoms with Crippen LogP contribution < -0.4 is 17.0 Å². The third kappa shape index (κ3) is 2.56. The number of phenolic OH excluding ortho intramolecular Hbond substituents is 1. The number of aryl methyl sites for hydroxylation is 1. The molecule has 0 spiro atoms. The van der Waals surface area contributed by atoms with Gasteiger partial charge in [-0.2, -0.15) is 0 Å². The number of amides is 1. The fourth-order valence-electron chi connectivity index (χ4n) is 2.78. The van der Waals surface area contributed by atoms with Gasteiger partial charge in [-0.1, -0.05) is 17.8 Å². The highest BCUT2D eigenvalue weighted by molar-refractivity contribution is 8.00. The SMILES string of the molecule is CSc1nc2c(C(N)=O)c(N)n(-c3c(C)ccc(O)c3C)c(=O)c2s1. The highest BCUT2D eigenvalue weighted by Gasteiger charge is 2.24. The van der Waals surface area contributed by atoms with Gasteiger partial charge < -0.3 is 16.6 Å². The van der Waals surface area contributed by atoms with E-state index in [1.807, 2.05) is 6.26 Å². The van der Waals surface area contributed by atoms with Crippen molar-refractivity contribution in [3.63, 3.8) is 0 Å². The van der Waals surface area contributed by atoms with Gasteiger partial charge in [-0.25, -0.2) is 4.98 Å². The molecule has 1 aromatic carbocycles. The van der Waals surface area contributed by atoms with E-state index in [1.54, 1.807) is 26.0 Å². The van der Waals surface area contributed by atoms with Crippen LogP contribution in [0, 0.1) is 13.8 Å². The van der Waals surface area contributed by atoms with Gasteiger partial charge in [0.25, 0.3) is 11.5 Å². The van der Waals surface area contributed by atoms with Crippen LogP contribution in [-0.2, 0) is 0 Å². The molecule has 25 heavy (non-hydrogen) atoms. The summed E-state index contributed by atoms with van der Waals surface area (Å²) in [5.41, 5.74) is 13.1. The Kier molecular flexibility index (Phi) is 4.21. The van der Waals surface area contributed by atoms with Crippen molar-refractivity contribution in [1.29, 1.82) is 0 Å². The van der Waals surface area contributed by atoms with E-state index in [-0.39, 0.29) is 22.6 Å². The summed E-state index contributed by atoms with van der Waals surface area (Å²) >= 11 is 2.55. The average molecular weight is 376 g/mol. The molecule has 2 aromatic heterocycles. The molecule has 0 saturated heterocycles. The number of hydrogen-bond acceptors (Lipinski definition) is 7. The van der Waals surface area contributed by atoms with Crippen LogP contribution in [0.4, 0.5) is 5.82 Å². The third-order valence-corrected chi connectivity index (χ3v) is 6.02. The van der Waals surface area contributed by atoms with E-state index in [9.17, 15) is 14.7 Å². The molecule has 7 nitrogen and oxygen atoms in total. The number of aromatic hydroxyl groups is 1. The van der Waals surface area contributed by atoms with Gasteiger partial charge in [0, 0.05) is 5.56 Å². The van der Waals surface area contributed by atoms with E-state index in [2.05, 4.69) is 4.98 Å². The van der Waals surface area contributed by atoms with E-state index in [0.717, 1.165) is 5.56 Å². The van der Waals surface area contributed by atoms with Gasteiger partial charge in [-0.3, -0.25) is 14.2 Å². The maximum Gasteiger partial charge on any atom is 0.276 e. The quantitative estimate of drug-likeness (QED) is 0.602. The van der Waals surface area contributed by atoms with Gasteiger partial charge in [0.05, 0.1) is 5.69 Å². The van der Waals surface area contributed by atoms with Crippen molar-refractivity contribution in [2.45, 2.75) is 18.2 Å². The topological polar surface area (TPSA) is 124 Å². The fraction of sp³-hybridized carbons (Fsp3) is 0.188. The van der Waals surface area contributed by atoms with Crippen LogP contribution in [0.2, 0.25) is 0 Å². The van der Waals surface area contributed by atoms with Crippen molar-refractivity contribution in [3.05, 3.63) is 39.2 Å². The maximum atomic E-state index is 13.1. The summed E-state index contributed by atoms with van der Waals surface area (Å²) in [6, 6.07) is 3.22. The third-order valence-electron chi connectivity index (χ3n) is 3.99. The van der Waals surface area contributed by atoms with Crippen LogP contribution in [0.5, 0.6) is 5.75 Å². The zero-order valence-electron chi connectivity index (χ0n) is 13.8. The second kappa shape index (κ2) is 6.08. The van der Waals surface area contributed by atoms with Crippen LogP contribution in [0.3, 0.4) is 0 Å². The number of nitrogens with zero attached hydrogens (tertiary/aromatic N) is 2. The van der Waals surface area contributed by atoms with Gasteiger partial charge >= 0.3 is 0 Å². The van der Waals surface area contributed by atoms with Gasteiger partial charge in [0.15, 0.2) is 4.34 Å². The van der Waals surface area contributed by atoms with Gasteiger partial charge in [0.2, 0.25) is 0 Å². The van der Waals surface area contributed by atoms with Crippen LogP contribution in [0.25, 0.3) is 15.9 Å². The van der Waals surface area contributed by atoms with E-state index in [0.29, 0.717) is 20.3 Å². The fourth-order valence-corrected chi connectivity index (χ4v) is 4.28. The molecule has 0 aliphatic rings. The van der Waals surface area contributed by atoms with E-state index in [4.69, 9.17) is 11.5 Å². The number of benzene rings is 1. The average Bonchev–Trinajstić information content (AvgIpc) is 2.98. The molecular weight excluding hydrogens is 360 g/mol. The summed E-state index contributed by atoms with van der Waals surface area (Å²) < 4.78 is 2.17. The van der Waals surface area contributed by atoms with Crippen molar-refractivity contribution < 1.29 is 9.90 Å². The predicted molar refractivity (Wildman–Crippen MR) is 101 cm³/mol. The highest BCUT2D eigenvalue weighted by atomic mass is 32.2. The number of carbonyl (C=O) groups is 1. The molecule has 0 fully saturated rings. The minimum Gasteiger partial charge on any atom is -0.508 e. The monoisotopic (exact) mass is 376 g/mol. The summed E-state index contributed by atoms with van der Waals surface area (Å²) in [6.45, 7) is 3.47. The lowest BCUT2D eigenvalue weighted by atomic mass is 10.1. The summed E-state index contributed by atoms with van der Waals surface area (Å²) in [5.74, 6) is -0.814. The Bertz CT molecular complexity index is 1090. The molecule has 0 aliphatic carbocycles. The van der Waals surface area contributed by atoms with E-state index >= 15 is 0 Å². The molecule has 2 heterocycles. The molecule has 0 saturated carbocycles. The first kappa shape index (κ1) is 17.3. The van der Waals surface area contributed by atoms with Crippen molar-refractivity contribution >= 4 is 45.0 Å². The lowest BCUT2D eigenvalue weighted by Gasteiger charge is -2.17. The summed E-state index contributed by atoms with van der Waals surface area (Å²) in [4.78, 5) is 29.4. The minimum atomic E-state index is -0.760. The molecule has 1 amide bonds. The molecule has 3 aromatic rings. The number of nitrogens with two attached hydrogens (primary N) is 2. The van der Waals surface area contributed by atoms with Crippen molar-refractivity contribution in [2.24, 2.45) is 5.73 Å². The Morgan fingerprint density at radius 3 is 2.64 bits per heavy atom. The Balaban J connectivity index is 2.56. The van der Waals surface area contributed by atoms with E-state index < -0.39 is 11.5 Å². The molecular formula is C16H16N4O3S2. The van der Waals surface area contributed by atoms with Crippen LogP contribution >= 0.6 is 23.1 Å². The largest absolute Gasteiger partial charge is 0.508 e. The smallest absolute Gasteiger partial charge is 0.276 e. The molecule has 0 bridgehead atoms. The first-order chi connectivity index (χ1) is 11.8. The number of fused-ring (bicyclic) bond motifs is 1. The molecule has 3 rings (SSSR count). The number of nitrogen functional groups attached to an aromatic ring is 1. The first-order valence-electron chi connectivity index (χ1n) is 7.26. The zero-order chi connectivity index (χ0) is 18.5. The minimum absolute atomic E-state index is 0.00768. The normalized spacial score (nSPS) is 11.2. The first-order valence-corrected chi connectivity index (χ1v) is 9.30. The number of pyridine rings is 1. The number of carbonyl (C=O) groups excluding carboxylic acids is 1. The standard InChI is InChI=1S/C16H16N4O3S2/c1-6-4-5-8(21)7(2)11(6)20-13(17)9(14(18)22)10-12(15(20)23)25-16(19-10)24-3/h4-5,21H,17H2,1-3H3,(H2,18,22). The molecule has 0 unspecified atom stereocenters. The van der Waals surface area contributed by atoms with Crippen LogP contribution in [0.15, 0.2) is 21.3 Å². The Labute approximate surface area is 151 Å². The number of aromatic nitrogens is 2. The highest BCUT2D eigenvalue weighted by Crippen LogP contribution is 2.33. The predicted octanol–water partition coefficient (Wildman–Crippen LogP) is 2.17. The maximum absolute atomic E-state index is 13.1. The number of anilines is 1. The van der Waals surface area contributed by atoms with Crippen molar-refractivity contribution in [3.8, 4) is 11.4 Å². The number of phenols is 1. The lowest BCUT2D eigenvalue weighted by molar-refractivity contribution is 0.100. The van der Waals surface area contributed by atoms with Gasteiger partial charge in [-0.15, -0.1) is 11.3 Å². The van der Waals surface area contributed by atoms with Gasteiger partial charge in [-0.05, 0) is 31.7 Å². The number of thiazole rings is 1. The summed E-state index contributed by atoms with van der Waals surface area (Å²) in [5, 5.41) is 10.0. The Morgan fingerprint density at radius 1 is 1.36 bits per heavy atom. The van der Waals surface area contributed by atoms with Gasteiger partial charge in [0.1, 0.15) is 27.3 Å². The lowest BCUT2D eigenvalue weighted by Crippen LogP contribution is -2.27. The molecule has 130 valence electrons. The molecule has 0 aliphatic heterocycles. The summed E-state index contributed by atoms with van der Waals surface area (Å²) in [6.07, 6.45) is 1.83. The van der Waals surface area contributed by atoms with Crippen LogP contribution in [0.1, 0.15) is 21.5 Å². The van der Waals surface area contributed by atoms with Crippen molar-refractivity contribution in [1.82, 2.24) is 9.55 Å². The Hall–Kier alpha value is -2.52. The molecule has 5 N–H and O–H groups in total. The van der Waals surface area contributed by atoms with Crippen LogP contribution in [-0.4, -0.2) is 26.8 Å². The molecule has 0 atom stereocenters. The molecule has 0 radical (unpaired) electrons.